The standard InChI is InChI=1S/C17H12ClN5OS/c1-10-21-15(16(24)22-13-4-2-3-12(18)6-13)17(25-10)23-14-5-11(7-19)8-20-9-14/h2-6,8-9,23H,1H3,(H,22,24). The van der Waals surface area contributed by atoms with E-state index < -0.39 is 0 Å². The third-order valence-corrected chi connectivity index (χ3v) is 4.28. The third-order valence-electron chi connectivity index (χ3n) is 3.16. The van der Waals surface area contributed by atoms with E-state index in [1.54, 1.807) is 36.5 Å². The van der Waals surface area contributed by atoms with Crippen molar-refractivity contribution in [3.8, 4) is 6.07 Å². The Balaban J connectivity index is 1.85. The molecule has 0 bridgehead atoms. The number of nitriles is 1. The monoisotopic (exact) mass is 369 g/mol. The fourth-order valence-electron chi connectivity index (χ4n) is 2.12. The van der Waals surface area contributed by atoms with Crippen molar-refractivity contribution in [1.82, 2.24) is 9.97 Å². The third kappa shape index (κ3) is 4.12. The van der Waals surface area contributed by atoms with Crippen LogP contribution in [0.2, 0.25) is 5.02 Å². The second kappa shape index (κ2) is 7.30. The highest BCUT2D eigenvalue weighted by atomic mass is 35.5. The van der Waals surface area contributed by atoms with Gasteiger partial charge in [-0.15, -0.1) is 11.3 Å². The normalized spacial score (nSPS) is 10.1. The Morgan fingerprint density at radius 1 is 1.28 bits per heavy atom. The Morgan fingerprint density at radius 2 is 2.12 bits per heavy atom. The number of anilines is 3. The summed E-state index contributed by atoms with van der Waals surface area (Å²) in [5.41, 5.74) is 1.89. The maximum absolute atomic E-state index is 12.6. The molecule has 1 aromatic carbocycles. The fraction of sp³-hybridized carbons (Fsp3) is 0.0588. The molecule has 0 spiro atoms. The number of hydrogen-bond donors (Lipinski definition) is 2. The topological polar surface area (TPSA) is 90.7 Å². The van der Waals surface area contributed by atoms with Crippen LogP contribution in [-0.2, 0) is 0 Å². The van der Waals surface area contributed by atoms with Gasteiger partial charge in [-0.05, 0) is 31.2 Å². The minimum absolute atomic E-state index is 0.268. The van der Waals surface area contributed by atoms with E-state index in [2.05, 4.69) is 20.6 Å². The summed E-state index contributed by atoms with van der Waals surface area (Å²) in [6.07, 6.45) is 3.05. The van der Waals surface area contributed by atoms with Crippen LogP contribution in [-0.4, -0.2) is 15.9 Å². The smallest absolute Gasteiger partial charge is 0.277 e. The lowest BCUT2D eigenvalue weighted by molar-refractivity contribution is 0.102. The lowest BCUT2D eigenvalue weighted by Gasteiger charge is -2.07. The largest absolute Gasteiger partial charge is 0.344 e. The van der Waals surface area contributed by atoms with Gasteiger partial charge in [0.1, 0.15) is 11.1 Å². The van der Waals surface area contributed by atoms with Gasteiger partial charge in [0.25, 0.3) is 5.91 Å². The number of nitrogens with zero attached hydrogens (tertiary/aromatic N) is 3. The molecule has 0 atom stereocenters. The maximum atomic E-state index is 12.6. The zero-order valence-corrected chi connectivity index (χ0v) is 14.6. The van der Waals surface area contributed by atoms with Crippen molar-refractivity contribution >= 4 is 45.2 Å². The summed E-state index contributed by atoms with van der Waals surface area (Å²) >= 11 is 7.28. The molecule has 0 saturated carbocycles. The van der Waals surface area contributed by atoms with Gasteiger partial charge in [0.2, 0.25) is 0 Å². The number of amides is 1. The molecule has 1 amide bonds. The number of aryl methyl sites for hydroxylation is 1. The molecule has 0 radical (unpaired) electrons. The predicted molar refractivity (Wildman–Crippen MR) is 98.5 cm³/mol. The number of halogens is 1. The Morgan fingerprint density at radius 3 is 2.88 bits per heavy atom. The molecule has 0 unspecified atom stereocenters. The highest BCUT2D eigenvalue weighted by Gasteiger charge is 2.18. The van der Waals surface area contributed by atoms with Crippen LogP contribution in [0, 0.1) is 18.3 Å². The molecule has 8 heteroatoms. The number of benzene rings is 1. The highest BCUT2D eigenvalue weighted by molar-refractivity contribution is 7.16. The average Bonchev–Trinajstić information content (AvgIpc) is 2.95. The van der Waals surface area contributed by atoms with E-state index in [4.69, 9.17) is 16.9 Å². The van der Waals surface area contributed by atoms with Crippen molar-refractivity contribution in [3.63, 3.8) is 0 Å². The minimum Gasteiger partial charge on any atom is -0.344 e. The summed E-state index contributed by atoms with van der Waals surface area (Å²) < 4.78 is 0. The van der Waals surface area contributed by atoms with Crippen LogP contribution in [0.5, 0.6) is 0 Å². The van der Waals surface area contributed by atoms with Crippen molar-refractivity contribution in [2.45, 2.75) is 6.92 Å². The van der Waals surface area contributed by atoms with Crippen molar-refractivity contribution in [2.75, 3.05) is 10.6 Å². The zero-order chi connectivity index (χ0) is 17.8. The number of carbonyl (C=O) groups excluding carboxylic acids is 1. The number of rotatable bonds is 4. The van der Waals surface area contributed by atoms with E-state index in [9.17, 15) is 4.79 Å². The van der Waals surface area contributed by atoms with E-state index in [1.165, 1.54) is 17.5 Å². The number of pyridine rings is 1. The van der Waals surface area contributed by atoms with Gasteiger partial charge in [-0.1, -0.05) is 17.7 Å². The van der Waals surface area contributed by atoms with Gasteiger partial charge < -0.3 is 10.6 Å². The summed E-state index contributed by atoms with van der Waals surface area (Å²) in [5.74, 6) is -0.349. The van der Waals surface area contributed by atoms with Crippen molar-refractivity contribution in [3.05, 3.63) is 64.0 Å². The molecular weight excluding hydrogens is 358 g/mol. The number of thiazole rings is 1. The first kappa shape index (κ1) is 16.9. The summed E-state index contributed by atoms with van der Waals surface area (Å²) in [5, 5.41) is 16.7. The average molecular weight is 370 g/mol. The van der Waals surface area contributed by atoms with Gasteiger partial charge in [0, 0.05) is 16.9 Å². The second-order valence-corrected chi connectivity index (χ2v) is 6.71. The van der Waals surface area contributed by atoms with E-state index in [0.29, 0.717) is 27.0 Å². The molecule has 2 heterocycles. The number of hydrogen-bond acceptors (Lipinski definition) is 6. The van der Waals surface area contributed by atoms with Crippen LogP contribution in [0.3, 0.4) is 0 Å². The Hall–Kier alpha value is -2.95. The first-order valence-corrected chi connectivity index (χ1v) is 8.41. The highest BCUT2D eigenvalue weighted by Crippen LogP contribution is 2.28. The molecule has 3 aromatic rings. The van der Waals surface area contributed by atoms with Crippen LogP contribution < -0.4 is 10.6 Å². The van der Waals surface area contributed by atoms with Gasteiger partial charge in [-0.3, -0.25) is 9.78 Å². The Bertz CT molecular complexity index is 979. The van der Waals surface area contributed by atoms with Crippen molar-refractivity contribution < 1.29 is 4.79 Å². The summed E-state index contributed by atoms with van der Waals surface area (Å²) in [6.45, 7) is 1.82. The SMILES string of the molecule is Cc1nc(C(=O)Nc2cccc(Cl)c2)c(Nc2cncc(C#N)c2)s1. The van der Waals surface area contributed by atoms with E-state index in [-0.39, 0.29) is 11.6 Å². The van der Waals surface area contributed by atoms with Crippen LogP contribution in [0.15, 0.2) is 42.7 Å². The predicted octanol–water partition coefficient (Wildman–Crippen LogP) is 4.37. The van der Waals surface area contributed by atoms with Crippen LogP contribution >= 0.6 is 22.9 Å². The summed E-state index contributed by atoms with van der Waals surface area (Å²) in [6, 6.07) is 10.6. The molecule has 0 aliphatic rings. The fourth-order valence-corrected chi connectivity index (χ4v) is 3.15. The minimum atomic E-state index is -0.349. The number of carbonyl (C=O) groups is 1. The molecule has 0 aliphatic heterocycles. The molecule has 6 nitrogen and oxygen atoms in total. The molecule has 124 valence electrons. The van der Waals surface area contributed by atoms with Crippen LogP contribution in [0.4, 0.5) is 16.4 Å². The molecule has 2 aromatic heterocycles. The zero-order valence-electron chi connectivity index (χ0n) is 13.1. The molecular formula is C17H12ClN5OS. The van der Waals surface area contributed by atoms with Crippen LogP contribution in [0.1, 0.15) is 21.1 Å². The Kier molecular flexibility index (Phi) is 4.93. The molecule has 2 N–H and O–H groups in total. The van der Waals surface area contributed by atoms with Gasteiger partial charge in [0.05, 0.1) is 22.5 Å². The molecule has 0 fully saturated rings. The first-order chi connectivity index (χ1) is 12.0. The lowest BCUT2D eigenvalue weighted by atomic mass is 10.3. The van der Waals surface area contributed by atoms with Crippen LogP contribution in [0.25, 0.3) is 0 Å². The summed E-state index contributed by atoms with van der Waals surface area (Å²) in [4.78, 5) is 20.8. The molecule has 0 saturated heterocycles. The van der Waals surface area contributed by atoms with Gasteiger partial charge >= 0.3 is 0 Å². The maximum Gasteiger partial charge on any atom is 0.277 e. The van der Waals surface area contributed by atoms with Gasteiger partial charge in [-0.2, -0.15) is 5.26 Å². The molecule has 3 rings (SSSR count). The van der Waals surface area contributed by atoms with E-state index in [1.807, 2.05) is 13.0 Å². The molecule has 0 aliphatic carbocycles. The van der Waals surface area contributed by atoms with E-state index in [0.717, 1.165) is 5.01 Å². The Labute approximate surface area is 153 Å². The second-order valence-electron chi connectivity index (χ2n) is 5.07. The van der Waals surface area contributed by atoms with Gasteiger partial charge in [-0.25, -0.2) is 4.98 Å². The van der Waals surface area contributed by atoms with Crippen molar-refractivity contribution in [2.24, 2.45) is 0 Å². The molecule has 25 heavy (non-hydrogen) atoms. The summed E-state index contributed by atoms with van der Waals surface area (Å²) in [7, 11) is 0. The number of nitrogens with one attached hydrogen (secondary N) is 2. The number of aromatic nitrogens is 2. The van der Waals surface area contributed by atoms with E-state index >= 15 is 0 Å². The van der Waals surface area contributed by atoms with Crippen molar-refractivity contribution in [1.29, 1.82) is 5.26 Å². The lowest BCUT2D eigenvalue weighted by Crippen LogP contribution is -2.14. The first-order valence-electron chi connectivity index (χ1n) is 7.21. The quantitative estimate of drug-likeness (QED) is 0.712. The van der Waals surface area contributed by atoms with Gasteiger partial charge in [0.15, 0.2) is 5.69 Å².